The topological polar surface area (TPSA) is 29.1 Å². The van der Waals surface area contributed by atoms with E-state index in [2.05, 4.69) is 74.6 Å². The van der Waals surface area contributed by atoms with Gasteiger partial charge in [-0.2, -0.15) is 0 Å². The van der Waals surface area contributed by atoms with E-state index in [9.17, 15) is 4.79 Å². The third-order valence-electron chi connectivity index (χ3n) is 6.00. The van der Waals surface area contributed by atoms with Gasteiger partial charge in [-0.1, -0.05) is 88.5 Å². The molecule has 0 aromatic carbocycles. The maximum atomic E-state index is 13.2. The van der Waals surface area contributed by atoms with Crippen molar-refractivity contribution in [2.45, 2.75) is 121 Å². The molecule has 0 rings (SSSR count). The molecule has 28 heavy (non-hydrogen) atoms. The zero-order chi connectivity index (χ0) is 22.0. The molecule has 0 saturated carbocycles. The molecule has 1 N–H and O–H groups in total. The Morgan fingerprint density at radius 3 is 1.89 bits per heavy atom. The molecular formula is C26H53NO. The van der Waals surface area contributed by atoms with Crippen LogP contribution >= 0.6 is 0 Å². The van der Waals surface area contributed by atoms with E-state index in [0.29, 0.717) is 29.1 Å². The fraction of sp³-hybridized carbons (Fsp3) is 0.962. The number of unbranched alkanes of at least 4 members (excludes halogenated alkanes) is 1. The van der Waals surface area contributed by atoms with Crippen LogP contribution in [0, 0.1) is 34.5 Å². The lowest BCUT2D eigenvalue weighted by atomic mass is 9.76. The molecule has 0 fully saturated rings. The van der Waals surface area contributed by atoms with Gasteiger partial charge in [0, 0.05) is 12.5 Å². The van der Waals surface area contributed by atoms with E-state index in [1.54, 1.807) is 0 Å². The Kier molecular flexibility index (Phi) is 12.7. The summed E-state index contributed by atoms with van der Waals surface area (Å²) in [5.74, 6) is 2.17. The van der Waals surface area contributed by atoms with Crippen LogP contribution in [0.5, 0.6) is 0 Å². The monoisotopic (exact) mass is 395 g/mol. The highest BCUT2D eigenvalue weighted by molar-refractivity contribution is 5.78. The predicted molar refractivity (Wildman–Crippen MR) is 126 cm³/mol. The summed E-state index contributed by atoms with van der Waals surface area (Å²) in [6, 6.07) is 0. The summed E-state index contributed by atoms with van der Waals surface area (Å²) in [6.07, 6.45) is 9.39. The molecule has 0 spiro atoms. The number of rotatable bonds is 13. The standard InChI is InChI=1S/C26H53NO/c1-11-13-14-22(12-2)19-27-24(28)23(21(4)18-26(8,9)10)16-15-20(3)17-25(5,6)7/h20-23H,11-19H2,1-10H3,(H,27,28). The first-order chi connectivity index (χ1) is 12.8. The van der Waals surface area contributed by atoms with Gasteiger partial charge >= 0.3 is 0 Å². The molecule has 0 saturated heterocycles. The van der Waals surface area contributed by atoms with Gasteiger partial charge in [0.1, 0.15) is 0 Å². The Morgan fingerprint density at radius 1 is 0.857 bits per heavy atom. The van der Waals surface area contributed by atoms with E-state index in [1.807, 2.05) is 0 Å². The third-order valence-corrected chi connectivity index (χ3v) is 6.00. The van der Waals surface area contributed by atoms with Crippen molar-refractivity contribution >= 4 is 5.91 Å². The molecule has 0 aromatic rings. The number of amides is 1. The van der Waals surface area contributed by atoms with Crippen molar-refractivity contribution in [2.24, 2.45) is 34.5 Å². The van der Waals surface area contributed by atoms with Gasteiger partial charge in [-0.25, -0.2) is 0 Å². The van der Waals surface area contributed by atoms with Gasteiger partial charge in [-0.05, 0) is 60.7 Å². The van der Waals surface area contributed by atoms with Crippen molar-refractivity contribution < 1.29 is 4.79 Å². The van der Waals surface area contributed by atoms with Crippen molar-refractivity contribution in [1.29, 1.82) is 0 Å². The zero-order valence-corrected chi connectivity index (χ0v) is 21.1. The molecule has 4 unspecified atom stereocenters. The molecule has 2 heteroatoms. The fourth-order valence-electron chi connectivity index (χ4n) is 4.71. The molecule has 0 aliphatic heterocycles. The van der Waals surface area contributed by atoms with Crippen molar-refractivity contribution in [2.75, 3.05) is 6.54 Å². The molecule has 0 bridgehead atoms. The Hall–Kier alpha value is -0.530. The number of carbonyl (C=O) groups is 1. The summed E-state index contributed by atoms with van der Waals surface area (Å²) in [4.78, 5) is 13.2. The average molecular weight is 396 g/mol. The van der Waals surface area contributed by atoms with Crippen molar-refractivity contribution in [3.05, 3.63) is 0 Å². The largest absolute Gasteiger partial charge is 0.356 e. The van der Waals surface area contributed by atoms with Gasteiger partial charge in [0.2, 0.25) is 5.91 Å². The van der Waals surface area contributed by atoms with Crippen LogP contribution in [-0.4, -0.2) is 12.5 Å². The maximum Gasteiger partial charge on any atom is 0.223 e. The minimum Gasteiger partial charge on any atom is -0.356 e. The highest BCUT2D eigenvalue weighted by atomic mass is 16.1. The van der Waals surface area contributed by atoms with E-state index in [1.165, 1.54) is 25.7 Å². The summed E-state index contributed by atoms with van der Waals surface area (Å²) < 4.78 is 0. The van der Waals surface area contributed by atoms with E-state index < -0.39 is 0 Å². The minimum atomic E-state index is 0.144. The summed E-state index contributed by atoms with van der Waals surface area (Å²) >= 11 is 0. The van der Waals surface area contributed by atoms with E-state index in [-0.39, 0.29) is 11.3 Å². The van der Waals surface area contributed by atoms with Crippen LogP contribution in [0.15, 0.2) is 0 Å². The highest BCUT2D eigenvalue weighted by Gasteiger charge is 2.29. The first kappa shape index (κ1) is 27.5. The summed E-state index contributed by atoms with van der Waals surface area (Å²) in [5, 5.41) is 3.34. The van der Waals surface area contributed by atoms with E-state index >= 15 is 0 Å². The van der Waals surface area contributed by atoms with E-state index in [4.69, 9.17) is 0 Å². The normalized spacial score (nSPS) is 17.1. The average Bonchev–Trinajstić information content (AvgIpc) is 2.51. The number of carbonyl (C=O) groups excluding carboxylic acids is 1. The van der Waals surface area contributed by atoms with E-state index in [0.717, 1.165) is 32.2 Å². The molecular weight excluding hydrogens is 342 g/mol. The quantitative estimate of drug-likeness (QED) is 0.338. The van der Waals surface area contributed by atoms with Crippen LogP contribution in [0.4, 0.5) is 0 Å². The van der Waals surface area contributed by atoms with Crippen LogP contribution in [0.1, 0.15) is 121 Å². The SMILES string of the molecule is CCCCC(CC)CNC(=O)C(CCC(C)CC(C)(C)C)C(C)CC(C)(C)C. The molecule has 0 aromatic heterocycles. The Balaban J connectivity index is 4.93. The smallest absolute Gasteiger partial charge is 0.223 e. The molecule has 1 amide bonds. The van der Waals surface area contributed by atoms with Crippen LogP contribution in [0.2, 0.25) is 0 Å². The first-order valence-corrected chi connectivity index (χ1v) is 12.1. The molecule has 0 radical (unpaired) electrons. The molecule has 0 aliphatic carbocycles. The predicted octanol–water partition coefficient (Wildman–Crippen LogP) is 7.86. The van der Waals surface area contributed by atoms with Crippen LogP contribution in [0.25, 0.3) is 0 Å². The van der Waals surface area contributed by atoms with Gasteiger partial charge in [0.25, 0.3) is 0 Å². The first-order valence-electron chi connectivity index (χ1n) is 12.1. The van der Waals surface area contributed by atoms with Crippen molar-refractivity contribution in [3.63, 3.8) is 0 Å². The molecule has 168 valence electrons. The second kappa shape index (κ2) is 12.9. The fourth-order valence-corrected chi connectivity index (χ4v) is 4.71. The van der Waals surface area contributed by atoms with Crippen LogP contribution in [0.3, 0.4) is 0 Å². The lowest BCUT2D eigenvalue weighted by Gasteiger charge is -2.31. The van der Waals surface area contributed by atoms with Crippen molar-refractivity contribution in [3.8, 4) is 0 Å². The number of hydrogen-bond donors (Lipinski definition) is 1. The maximum absolute atomic E-state index is 13.2. The highest BCUT2D eigenvalue weighted by Crippen LogP contribution is 2.33. The van der Waals surface area contributed by atoms with Crippen molar-refractivity contribution in [1.82, 2.24) is 5.32 Å². The number of hydrogen-bond acceptors (Lipinski definition) is 1. The minimum absolute atomic E-state index is 0.144. The molecule has 4 atom stereocenters. The molecule has 0 aliphatic rings. The second-order valence-electron chi connectivity index (χ2n) is 12.0. The van der Waals surface area contributed by atoms with Gasteiger partial charge in [-0.15, -0.1) is 0 Å². The van der Waals surface area contributed by atoms with Gasteiger partial charge in [0.15, 0.2) is 0 Å². The lowest BCUT2D eigenvalue weighted by molar-refractivity contribution is -0.127. The Morgan fingerprint density at radius 2 is 1.43 bits per heavy atom. The van der Waals surface area contributed by atoms with Gasteiger partial charge < -0.3 is 5.32 Å². The Labute approximate surface area is 178 Å². The summed E-state index contributed by atoms with van der Waals surface area (Å²) in [7, 11) is 0. The zero-order valence-electron chi connectivity index (χ0n) is 21.1. The third kappa shape index (κ3) is 13.6. The van der Waals surface area contributed by atoms with Crippen LogP contribution in [-0.2, 0) is 4.79 Å². The van der Waals surface area contributed by atoms with Gasteiger partial charge in [-0.3, -0.25) is 4.79 Å². The summed E-state index contributed by atoms with van der Waals surface area (Å²) in [6.45, 7) is 23.8. The lowest BCUT2D eigenvalue weighted by Crippen LogP contribution is -2.38. The summed E-state index contributed by atoms with van der Waals surface area (Å²) in [5.41, 5.74) is 0.629. The van der Waals surface area contributed by atoms with Crippen LogP contribution < -0.4 is 5.32 Å². The molecule has 2 nitrogen and oxygen atoms in total. The molecule has 0 heterocycles. The second-order valence-corrected chi connectivity index (χ2v) is 12.0. The number of nitrogens with one attached hydrogen (secondary N) is 1. The Bertz CT molecular complexity index is 415. The van der Waals surface area contributed by atoms with Gasteiger partial charge in [0.05, 0.1) is 0 Å².